The normalized spacial score (nSPS) is 11.4. The van der Waals surface area contributed by atoms with E-state index in [9.17, 15) is 0 Å². The van der Waals surface area contributed by atoms with Crippen LogP contribution in [0.25, 0.3) is 12.2 Å². The Morgan fingerprint density at radius 2 is 1.56 bits per heavy atom. The fourth-order valence-corrected chi connectivity index (χ4v) is 3.73. The largest absolute Gasteiger partial charge is 0.494 e. The van der Waals surface area contributed by atoms with E-state index in [0.29, 0.717) is 24.7 Å². The molecular formula is C28H40O5Si. The number of hydrogen-bond acceptors (Lipinski definition) is 5. The van der Waals surface area contributed by atoms with Crippen molar-refractivity contribution in [3.05, 3.63) is 59.2 Å². The zero-order valence-electron chi connectivity index (χ0n) is 21.8. The van der Waals surface area contributed by atoms with Crippen LogP contribution in [-0.2, 0) is 4.74 Å². The van der Waals surface area contributed by atoms with Gasteiger partial charge in [-0.2, -0.15) is 0 Å². The van der Waals surface area contributed by atoms with Crippen molar-refractivity contribution >= 4 is 20.2 Å². The van der Waals surface area contributed by atoms with Gasteiger partial charge >= 0.3 is 0 Å². The average molecular weight is 485 g/mol. The van der Waals surface area contributed by atoms with Crippen molar-refractivity contribution in [1.29, 1.82) is 0 Å². The fraction of sp³-hybridized carbons (Fsp3) is 0.429. The second-order valence-electron chi connectivity index (χ2n) is 9.49. The summed E-state index contributed by atoms with van der Waals surface area (Å²) >= 11 is 0. The van der Waals surface area contributed by atoms with Gasteiger partial charge in [0.1, 0.15) is 18.1 Å². The molecule has 186 valence electrons. The molecule has 0 saturated heterocycles. The molecule has 0 amide bonds. The summed E-state index contributed by atoms with van der Waals surface area (Å²) in [5, 5.41) is 0. The van der Waals surface area contributed by atoms with Crippen LogP contribution in [0.5, 0.6) is 23.0 Å². The molecule has 6 heteroatoms. The molecule has 34 heavy (non-hydrogen) atoms. The van der Waals surface area contributed by atoms with Crippen molar-refractivity contribution in [2.45, 2.75) is 46.5 Å². The quantitative estimate of drug-likeness (QED) is 0.0925. The number of benzene rings is 2. The summed E-state index contributed by atoms with van der Waals surface area (Å²) in [5.41, 5.74) is 3.21. The molecule has 0 radical (unpaired) electrons. The number of ether oxygens (including phenoxy) is 5. The van der Waals surface area contributed by atoms with Crippen LogP contribution in [0.15, 0.2) is 48.0 Å². The van der Waals surface area contributed by atoms with E-state index in [-0.39, 0.29) is 6.79 Å². The molecule has 0 N–H and O–H groups in total. The zero-order valence-corrected chi connectivity index (χ0v) is 22.8. The first kappa shape index (κ1) is 27.5. The van der Waals surface area contributed by atoms with Crippen molar-refractivity contribution in [3.63, 3.8) is 0 Å². The second-order valence-corrected chi connectivity index (χ2v) is 15.1. The molecule has 0 bridgehead atoms. The standard InChI is InChI=1S/C28H40O5Si/c1-8-31-25-17-24(18-26(20-25)32-14-13-22(2)3)10-9-23-11-12-27(28(19-23)29-4)33-21-30-15-16-34(5,6)7/h9-13,17-20H,8,14-16,21H2,1-7H3/b10-9+. The lowest BCUT2D eigenvalue weighted by Gasteiger charge is -2.16. The van der Waals surface area contributed by atoms with Gasteiger partial charge in [0.15, 0.2) is 18.3 Å². The van der Waals surface area contributed by atoms with Crippen LogP contribution in [0, 0.1) is 0 Å². The lowest BCUT2D eigenvalue weighted by Crippen LogP contribution is -2.22. The van der Waals surface area contributed by atoms with Crippen molar-refractivity contribution in [1.82, 2.24) is 0 Å². The first-order chi connectivity index (χ1) is 16.2. The van der Waals surface area contributed by atoms with E-state index in [0.717, 1.165) is 35.3 Å². The maximum atomic E-state index is 5.89. The Morgan fingerprint density at radius 1 is 0.853 bits per heavy atom. The second kappa shape index (κ2) is 13.9. The maximum absolute atomic E-state index is 5.89. The summed E-state index contributed by atoms with van der Waals surface area (Å²) in [6.45, 7) is 15.1. The number of allylic oxidation sites excluding steroid dienone is 1. The van der Waals surface area contributed by atoms with E-state index in [2.05, 4.69) is 39.6 Å². The molecule has 0 aromatic heterocycles. The minimum Gasteiger partial charge on any atom is -0.494 e. The summed E-state index contributed by atoms with van der Waals surface area (Å²) < 4.78 is 28.6. The summed E-state index contributed by atoms with van der Waals surface area (Å²) in [6.07, 6.45) is 6.11. The number of hydrogen-bond donors (Lipinski definition) is 0. The zero-order chi connectivity index (χ0) is 25.0. The third kappa shape index (κ3) is 10.5. The van der Waals surface area contributed by atoms with Gasteiger partial charge in [0.2, 0.25) is 0 Å². The molecule has 2 aromatic carbocycles. The highest BCUT2D eigenvalue weighted by Gasteiger charge is 2.12. The summed E-state index contributed by atoms with van der Waals surface area (Å²) in [4.78, 5) is 0. The Labute approximate surface area is 206 Å². The lowest BCUT2D eigenvalue weighted by atomic mass is 10.1. The molecule has 0 aliphatic heterocycles. The monoisotopic (exact) mass is 484 g/mol. The van der Waals surface area contributed by atoms with Gasteiger partial charge in [0.05, 0.1) is 13.7 Å². The minimum absolute atomic E-state index is 0.218. The first-order valence-corrected chi connectivity index (χ1v) is 15.5. The van der Waals surface area contributed by atoms with Gasteiger partial charge in [-0.15, -0.1) is 0 Å². The highest BCUT2D eigenvalue weighted by atomic mass is 28.3. The van der Waals surface area contributed by atoms with E-state index in [1.807, 2.05) is 55.5 Å². The van der Waals surface area contributed by atoms with Crippen LogP contribution in [0.1, 0.15) is 31.9 Å². The third-order valence-corrected chi connectivity index (χ3v) is 6.61. The molecule has 0 aliphatic rings. The number of rotatable bonds is 14. The predicted molar refractivity (Wildman–Crippen MR) is 144 cm³/mol. The number of methoxy groups -OCH3 is 1. The van der Waals surface area contributed by atoms with Crippen LogP contribution >= 0.6 is 0 Å². The first-order valence-electron chi connectivity index (χ1n) is 11.8. The van der Waals surface area contributed by atoms with Gasteiger partial charge < -0.3 is 23.7 Å². The highest BCUT2D eigenvalue weighted by molar-refractivity contribution is 6.76. The molecule has 0 spiro atoms. The van der Waals surface area contributed by atoms with Crippen LogP contribution in [0.2, 0.25) is 25.7 Å². The van der Waals surface area contributed by atoms with Crippen molar-refractivity contribution in [2.24, 2.45) is 0 Å². The Balaban J connectivity index is 2.07. The van der Waals surface area contributed by atoms with Gasteiger partial charge in [0, 0.05) is 20.7 Å². The molecule has 0 atom stereocenters. The molecular weight excluding hydrogens is 444 g/mol. The van der Waals surface area contributed by atoms with E-state index >= 15 is 0 Å². The maximum Gasteiger partial charge on any atom is 0.189 e. The van der Waals surface area contributed by atoms with Crippen LogP contribution < -0.4 is 18.9 Å². The topological polar surface area (TPSA) is 46.2 Å². The molecule has 5 nitrogen and oxygen atoms in total. The van der Waals surface area contributed by atoms with Gasteiger partial charge in [-0.3, -0.25) is 0 Å². The van der Waals surface area contributed by atoms with E-state index in [1.165, 1.54) is 5.57 Å². The Morgan fingerprint density at radius 3 is 2.21 bits per heavy atom. The van der Waals surface area contributed by atoms with E-state index < -0.39 is 8.07 Å². The molecule has 0 aliphatic carbocycles. The predicted octanol–water partition coefficient (Wildman–Crippen LogP) is 7.30. The molecule has 0 unspecified atom stereocenters. The molecule has 0 saturated carbocycles. The van der Waals surface area contributed by atoms with E-state index in [1.54, 1.807) is 7.11 Å². The van der Waals surface area contributed by atoms with Crippen molar-refractivity contribution < 1.29 is 23.7 Å². The lowest BCUT2D eigenvalue weighted by molar-refractivity contribution is 0.0205. The highest BCUT2D eigenvalue weighted by Crippen LogP contribution is 2.30. The van der Waals surface area contributed by atoms with Gasteiger partial charge in [0.25, 0.3) is 0 Å². The summed E-state index contributed by atoms with van der Waals surface area (Å²) in [5.74, 6) is 2.90. The van der Waals surface area contributed by atoms with Crippen molar-refractivity contribution in [2.75, 3.05) is 33.7 Å². The SMILES string of the molecule is CCOc1cc(/C=C/c2ccc(OCOCC[Si](C)(C)C)c(OC)c2)cc(OCC=C(C)C)c1. The molecule has 0 fully saturated rings. The molecule has 2 aromatic rings. The summed E-state index contributed by atoms with van der Waals surface area (Å²) in [7, 11) is 0.539. The third-order valence-electron chi connectivity index (χ3n) is 4.91. The van der Waals surface area contributed by atoms with Crippen LogP contribution in [0.3, 0.4) is 0 Å². The van der Waals surface area contributed by atoms with Crippen molar-refractivity contribution in [3.8, 4) is 23.0 Å². The Kier molecular flexibility index (Phi) is 11.2. The fourth-order valence-electron chi connectivity index (χ4n) is 2.97. The smallest absolute Gasteiger partial charge is 0.189 e. The minimum atomic E-state index is -1.10. The van der Waals surface area contributed by atoms with Crippen LogP contribution in [0.4, 0.5) is 0 Å². The molecule has 0 heterocycles. The average Bonchev–Trinajstić information content (AvgIpc) is 2.77. The van der Waals surface area contributed by atoms with Gasteiger partial charge in [-0.05, 0) is 68.3 Å². The molecule has 2 rings (SSSR count). The Bertz CT molecular complexity index is 956. The summed E-state index contributed by atoms with van der Waals surface area (Å²) in [6, 6.07) is 12.9. The van der Waals surface area contributed by atoms with E-state index in [4.69, 9.17) is 23.7 Å². The van der Waals surface area contributed by atoms with Gasteiger partial charge in [-0.25, -0.2) is 0 Å². The van der Waals surface area contributed by atoms with Gasteiger partial charge in [-0.1, -0.05) is 43.4 Å². The van der Waals surface area contributed by atoms with Crippen LogP contribution in [-0.4, -0.2) is 41.8 Å². The Hall–Kier alpha value is -2.70.